The Morgan fingerprint density at radius 1 is 1.23 bits per heavy atom. The van der Waals surface area contributed by atoms with Crippen LogP contribution in [-0.4, -0.2) is 27.9 Å². The number of rotatable bonds is 6. The van der Waals surface area contributed by atoms with Gasteiger partial charge in [0.15, 0.2) is 5.43 Å². The first-order chi connectivity index (χ1) is 16.7. The average Bonchev–Trinajstić information content (AvgIpc) is 2.84. The quantitative estimate of drug-likeness (QED) is 0.400. The van der Waals surface area contributed by atoms with Crippen molar-refractivity contribution in [2.24, 2.45) is 0 Å². The second-order valence-corrected chi connectivity index (χ2v) is 9.33. The highest BCUT2D eigenvalue weighted by molar-refractivity contribution is 5.91. The Labute approximate surface area is 203 Å². The highest BCUT2D eigenvalue weighted by atomic mass is 16.6. The summed E-state index contributed by atoms with van der Waals surface area (Å²) in [4.78, 5) is 25.4. The number of carbonyl (C=O) groups excluding carboxylic acids is 1. The molecule has 0 saturated carbocycles. The molecule has 0 aliphatic carbocycles. The molecule has 184 valence electrons. The molecule has 1 aliphatic heterocycles. The summed E-state index contributed by atoms with van der Waals surface area (Å²) < 4.78 is 18.0. The van der Waals surface area contributed by atoms with E-state index in [0.717, 1.165) is 5.56 Å². The number of esters is 1. The lowest BCUT2D eigenvalue weighted by atomic mass is 9.86. The van der Waals surface area contributed by atoms with Gasteiger partial charge in [0, 0.05) is 29.2 Å². The number of phenolic OH excluding ortho intramolecular Hbond substituents is 1. The monoisotopic (exact) mass is 478 g/mol. The zero-order valence-electron chi connectivity index (χ0n) is 20.4. The average molecular weight is 479 g/mol. The number of phenols is 1. The number of benzene rings is 2. The van der Waals surface area contributed by atoms with Crippen LogP contribution in [0.3, 0.4) is 0 Å². The molecular formula is C28H30O7. The van der Waals surface area contributed by atoms with Crippen LogP contribution in [0.2, 0.25) is 0 Å². The second-order valence-electron chi connectivity index (χ2n) is 9.33. The predicted octanol–water partition coefficient (Wildman–Crippen LogP) is 4.37. The third-order valence-electron chi connectivity index (χ3n) is 6.54. The molecule has 0 saturated heterocycles. The molecule has 0 spiro atoms. The van der Waals surface area contributed by atoms with E-state index < -0.39 is 29.7 Å². The van der Waals surface area contributed by atoms with E-state index in [4.69, 9.17) is 13.9 Å². The first kappa shape index (κ1) is 24.5. The number of hydrogen-bond donors (Lipinski definition) is 2. The van der Waals surface area contributed by atoms with Crippen LogP contribution in [0.15, 0.2) is 57.3 Å². The predicted molar refractivity (Wildman–Crippen MR) is 132 cm³/mol. The van der Waals surface area contributed by atoms with Crippen molar-refractivity contribution in [3.8, 4) is 11.5 Å². The summed E-state index contributed by atoms with van der Waals surface area (Å²) in [7, 11) is 0. The molecule has 0 unspecified atom stereocenters. The molecule has 1 atom stereocenters. The van der Waals surface area contributed by atoms with E-state index in [2.05, 4.69) is 0 Å². The number of hydrogen-bond acceptors (Lipinski definition) is 7. The standard InChI is InChI=1S/C28H30O7/c1-5-16(2)27(32)34-22-14-20-24(31)23-21(30)13-18(15-29)33-26(23)19(25(20)35-28(22,3)4)12-11-17-9-7-6-8-10-17/h5-10,13,22,29,31H,11-12,14-15H2,1-4H3/t22-/m0/s1. The number of fused-ring (bicyclic) bond motifs is 2. The second kappa shape index (κ2) is 9.58. The van der Waals surface area contributed by atoms with Gasteiger partial charge in [-0.15, -0.1) is 0 Å². The Kier molecular flexibility index (Phi) is 6.72. The van der Waals surface area contributed by atoms with Crippen LogP contribution in [-0.2, 0) is 35.4 Å². The highest BCUT2D eigenvalue weighted by Crippen LogP contribution is 2.46. The van der Waals surface area contributed by atoms with Crippen LogP contribution in [0.4, 0.5) is 0 Å². The number of carbonyl (C=O) groups is 1. The van der Waals surface area contributed by atoms with Crippen LogP contribution in [0.5, 0.6) is 11.5 Å². The smallest absolute Gasteiger partial charge is 0.333 e. The van der Waals surface area contributed by atoms with Crippen molar-refractivity contribution in [2.75, 3.05) is 0 Å². The van der Waals surface area contributed by atoms with E-state index in [1.807, 2.05) is 44.2 Å². The van der Waals surface area contributed by atoms with Crippen LogP contribution in [0.1, 0.15) is 50.1 Å². The normalized spacial score (nSPS) is 17.1. The highest BCUT2D eigenvalue weighted by Gasteiger charge is 2.43. The third-order valence-corrected chi connectivity index (χ3v) is 6.54. The van der Waals surface area contributed by atoms with Gasteiger partial charge in [0.1, 0.15) is 46.5 Å². The third kappa shape index (κ3) is 4.68. The molecule has 4 rings (SSSR count). The number of aliphatic hydroxyl groups excluding tert-OH is 1. The minimum Gasteiger partial charge on any atom is -0.507 e. The van der Waals surface area contributed by atoms with Gasteiger partial charge in [-0.2, -0.15) is 0 Å². The van der Waals surface area contributed by atoms with E-state index in [9.17, 15) is 19.8 Å². The lowest BCUT2D eigenvalue weighted by molar-refractivity contribution is -0.156. The summed E-state index contributed by atoms with van der Waals surface area (Å²) in [5.41, 5.74) is 1.42. The number of ether oxygens (including phenoxy) is 2. The van der Waals surface area contributed by atoms with Crippen LogP contribution in [0, 0.1) is 0 Å². The Morgan fingerprint density at radius 2 is 1.94 bits per heavy atom. The van der Waals surface area contributed by atoms with Gasteiger partial charge >= 0.3 is 5.97 Å². The molecule has 0 bridgehead atoms. The van der Waals surface area contributed by atoms with E-state index in [1.165, 1.54) is 6.07 Å². The van der Waals surface area contributed by atoms with Gasteiger partial charge in [-0.1, -0.05) is 36.4 Å². The van der Waals surface area contributed by atoms with Crippen molar-refractivity contribution >= 4 is 16.9 Å². The van der Waals surface area contributed by atoms with Crippen molar-refractivity contribution in [2.45, 2.75) is 65.3 Å². The zero-order valence-corrected chi connectivity index (χ0v) is 20.4. The largest absolute Gasteiger partial charge is 0.507 e. The van der Waals surface area contributed by atoms with E-state index in [1.54, 1.807) is 19.9 Å². The number of aliphatic hydroxyl groups is 1. The van der Waals surface area contributed by atoms with E-state index in [-0.39, 0.29) is 28.9 Å². The van der Waals surface area contributed by atoms with Gasteiger partial charge < -0.3 is 24.1 Å². The topological polar surface area (TPSA) is 106 Å². The molecule has 7 heteroatoms. The molecule has 35 heavy (non-hydrogen) atoms. The number of allylic oxidation sites excluding steroid dienone is 1. The molecule has 1 aromatic heterocycles. The van der Waals surface area contributed by atoms with E-state index in [0.29, 0.717) is 35.3 Å². The lowest BCUT2D eigenvalue weighted by Crippen LogP contribution is -2.49. The molecule has 3 aromatic rings. The zero-order chi connectivity index (χ0) is 25.3. The maximum Gasteiger partial charge on any atom is 0.333 e. The number of aryl methyl sites for hydroxylation is 2. The fourth-order valence-electron chi connectivity index (χ4n) is 4.34. The summed E-state index contributed by atoms with van der Waals surface area (Å²) in [6.45, 7) is 6.62. The van der Waals surface area contributed by atoms with E-state index >= 15 is 0 Å². The van der Waals surface area contributed by atoms with Gasteiger partial charge in [0.05, 0.1) is 0 Å². The number of aromatic hydroxyl groups is 1. The summed E-state index contributed by atoms with van der Waals surface area (Å²) >= 11 is 0. The summed E-state index contributed by atoms with van der Waals surface area (Å²) in [5.74, 6) is -0.193. The van der Waals surface area contributed by atoms with Crippen molar-refractivity contribution < 1.29 is 28.9 Å². The molecule has 2 heterocycles. The lowest BCUT2D eigenvalue weighted by Gasteiger charge is -2.40. The molecule has 2 N–H and O–H groups in total. The van der Waals surface area contributed by atoms with Crippen LogP contribution >= 0.6 is 0 Å². The summed E-state index contributed by atoms with van der Waals surface area (Å²) in [5, 5.41) is 20.8. The Morgan fingerprint density at radius 3 is 2.60 bits per heavy atom. The van der Waals surface area contributed by atoms with Crippen molar-refractivity contribution in [3.63, 3.8) is 0 Å². The fraction of sp³-hybridized carbons (Fsp3) is 0.357. The van der Waals surface area contributed by atoms with Crippen molar-refractivity contribution in [1.82, 2.24) is 0 Å². The Bertz CT molecular complexity index is 1350. The summed E-state index contributed by atoms with van der Waals surface area (Å²) in [6.07, 6.45) is 2.27. The molecule has 0 radical (unpaired) electrons. The summed E-state index contributed by atoms with van der Waals surface area (Å²) in [6, 6.07) is 11.0. The van der Waals surface area contributed by atoms with Gasteiger partial charge in [0.2, 0.25) is 0 Å². The van der Waals surface area contributed by atoms with Crippen LogP contribution < -0.4 is 10.2 Å². The molecule has 0 amide bonds. The Hall–Kier alpha value is -3.58. The first-order valence-corrected chi connectivity index (χ1v) is 11.7. The molecule has 2 aromatic carbocycles. The minimum atomic E-state index is -0.910. The van der Waals surface area contributed by atoms with Gasteiger partial charge in [-0.25, -0.2) is 4.79 Å². The maximum absolute atomic E-state index is 12.9. The van der Waals surface area contributed by atoms with Crippen molar-refractivity contribution in [1.29, 1.82) is 0 Å². The fourth-order valence-corrected chi connectivity index (χ4v) is 4.34. The van der Waals surface area contributed by atoms with Crippen LogP contribution in [0.25, 0.3) is 11.0 Å². The maximum atomic E-state index is 12.9. The van der Waals surface area contributed by atoms with Gasteiger partial charge in [-0.3, -0.25) is 4.79 Å². The minimum absolute atomic E-state index is 0.0297. The SMILES string of the molecule is CC=C(C)C(=O)O[C@H]1Cc2c(c(CCc3ccccc3)c3oc(CO)cc(=O)c3c2O)OC1(C)C. The van der Waals surface area contributed by atoms with Crippen molar-refractivity contribution in [3.05, 3.63) is 80.7 Å². The van der Waals surface area contributed by atoms with Gasteiger partial charge in [-0.05, 0) is 46.1 Å². The molecule has 7 nitrogen and oxygen atoms in total. The first-order valence-electron chi connectivity index (χ1n) is 11.7. The van der Waals surface area contributed by atoms with Gasteiger partial charge in [0.25, 0.3) is 0 Å². The molecule has 0 fully saturated rings. The molecular weight excluding hydrogens is 448 g/mol. The molecule has 1 aliphatic rings. The Balaban J connectivity index is 1.88.